The third-order valence-corrected chi connectivity index (χ3v) is 7.26. The van der Waals surface area contributed by atoms with E-state index in [4.69, 9.17) is 0 Å². The van der Waals surface area contributed by atoms with Crippen molar-refractivity contribution in [3.63, 3.8) is 0 Å². The van der Waals surface area contributed by atoms with Crippen molar-refractivity contribution >= 4 is 43.6 Å². The number of amides is 1. The number of carbonyl (C=O) groups is 1. The highest BCUT2D eigenvalue weighted by molar-refractivity contribution is 7.88. The Morgan fingerprint density at radius 1 is 1.18 bits per heavy atom. The summed E-state index contributed by atoms with van der Waals surface area (Å²) in [6.45, 7) is 4.70. The second-order valence-electron chi connectivity index (χ2n) is 8.92. The first-order valence-corrected chi connectivity index (χ1v) is 13.2. The van der Waals surface area contributed by atoms with Gasteiger partial charge in [-0.1, -0.05) is 0 Å². The molecule has 3 aromatic heterocycles. The fourth-order valence-electron chi connectivity index (χ4n) is 4.94. The minimum atomic E-state index is -3.27. The van der Waals surface area contributed by atoms with Crippen molar-refractivity contribution < 1.29 is 13.2 Å². The first-order chi connectivity index (χ1) is 15.9. The van der Waals surface area contributed by atoms with Gasteiger partial charge in [0.2, 0.25) is 15.9 Å². The smallest absolute Gasteiger partial charge is 0.236 e. The third-order valence-electron chi connectivity index (χ3n) is 6.50. The van der Waals surface area contributed by atoms with E-state index in [2.05, 4.69) is 35.5 Å². The molecule has 10 nitrogen and oxygen atoms in total. The molecule has 2 saturated heterocycles. The number of H-pyrrole nitrogens is 1. The Kier molecular flexibility index (Phi) is 5.94. The minimum Gasteiger partial charge on any atom is -0.368 e. The molecule has 0 bridgehead atoms. The van der Waals surface area contributed by atoms with E-state index in [9.17, 15) is 13.2 Å². The number of anilines is 1. The van der Waals surface area contributed by atoms with Gasteiger partial charge >= 0.3 is 0 Å². The van der Waals surface area contributed by atoms with Crippen LogP contribution in [0.1, 0.15) is 12.8 Å². The molecular formula is C22H29N7O3S. The van der Waals surface area contributed by atoms with E-state index in [0.29, 0.717) is 19.6 Å². The van der Waals surface area contributed by atoms with Gasteiger partial charge in [-0.15, -0.1) is 0 Å². The van der Waals surface area contributed by atoms with Crippen LogP contribution in [0.3, 0.4) is 0 Å². The summed E-state index contributed by atoms with van der Waals surface area (Å²) >= 11 is 0. The first kappa shape index (κ1) is 22.1. The number of nitrogens with one attached hydrogen (secondary N) is 2. The van der Waals surface area contributed by atoms with Gasteiger partial charge in [0.15, 0.2) is 0 Å². The summed E-state index contributed by atoms with van der Waals surface area (Å²) < 4.78 is 25.7. The molecule has 1 amide bonds. The molecule has 5 rings (SSSR count). The zero-order valence-electron chi connectivity index (χ0n) is 18.7. The highest BCUT2D eigenvalue weighted by atomic mass is 32.2. The van der Waals surface area contributed by atoms with Gasteiger partial charge in [-0.3, -0.25) is 14.7 Å². The molecule has 2 aliphatic heterocycles. The van der Waals surface area contributed by atoms with E-state index in [1.807, 2.05) is 18.5 Å². The number of nitrogens with zero attached hydrogens (tertiary/aromatic N) is 5. The summed E-state index contributed by atoms with van der Waals surface area (Å²) in [6.07, 6.45) is 8.26. The molecule has 11 heteroatoms. The Balaban J connectivity index is 1.22. The number of carbonyl (C=O) groups excluding carboxylic acids is 1. The van der Waals surface area contributed by atoms with Crippen LogP contribution in [-0.4, -0.2) is 97.2 Å². The summed E-state index contributed by atoms with van der Waals surface area (Å²) in [6, 6.07) is 3.89. The number of hydrogen-bond donors (Lipinski definition) is 2. The number of fused-ring (bicyclic) bond motifs is 3. The maximum absolute atomic E-state index is 12.9. The summed E-state index contributed by atoms with van der Waals surface area (Å²) in [5.41, 5.74) is 2.87. The molecule has 2 fully saturated rings. The Labute approximate surface area is 193 Å². The molecule has 33 heavy (non-hydrogen) atoms. The van der Waals surface area contributed by atoms with Crippen LogP contribution in [-0.2, 0) is 14.8 Å². The Hall–Kier alpha value is -2.76. The van der Waals surface area contributed by atoms with Crippen LogP contribution in [0.2, 0.25) is 0 Å². The van der Waals surface area contributed by atoms with Crippen LogP contribution in [0.5, 0.6) is 0 Å². The third kappa shape index (κ3) is 4.80. The Morgan fingerprint density at radius 3 is 2.79 bits per heavy atom. The Bertz CT molecular complexity index is 1270. The summed E-state index contributed by atoms with van der Waals surface area (Å²) in [5.74, 6) is 0.0675. The van der Waals surface area contributed by atoms with E-state index in [-0.39, 0.29) is 11.9 Å². The van der Waals surface area contributed by atoms with Crippen molar-refractivity contribution in [2.75, 3.05) is 57.0 Å². The molecule has 0 saturated carbocycles. The predicted molar refractivity (Wildman–Crippen MR) is 128 cm³/mol. The maximum Gasteiger partial charge on any atom is 0.236 e. The number of piperazine rings is 1. The van der Waals surface area contributed by atoms with Crippen LogP contribution in [0.4, 0.5) is 5.69 Å². The van der Waals surface area contributed by atoms with Crippen LogP contribution in [0.25, 0.3) is 21.9 Å². The molecular weight excluding hydrogens is 442 g/mol. The van der Waals surface area contributed by atoms with Gasteiger partial charge < -0.3 is 14.8 Å². The monoisotopic (exact) mass is 471 g/mol. The van der Waals surface area contributed by atoms with Crippen molar-refractivity contribution in [1.82, 2.24) is 29.5 Å². The number of aromatic amines is 1. The van der Waals surface area contributed by atoms with Gasteiger partial charge in [0, 0.05) is 74.2 Å². The van der Waals surface area contributed by atoms with Gasteiger partial charge in [-0.2, -0.15) is 0 Å². The molecule has 0 aromatic carbocycles. The number of likely N-dealkylation sites (tertiary alicyclic amines) is 1. The molecule has 0 aliphatic carbocycles. The fraction of sp³-hybridized carbons (Fsp3) is 0.500. The van der Waals surface area contributed by atoms with E-state index in [1.54, 1.807) is 11.1 Å². The zero-order chi connectivity index (χ0) is 23.0. The highest BCUT2D eigenvalue weighted by Crippen LogP contribution is 2.31. The lowest BCUT2D eigenvalue weighted by Crippen LogP contribution is -2.54. The van der Waals surface area contributed by atoms with Crippen molar-refractivity contribution in [2.24, 2.45) is 0 Å². The molecule has 2 N–H and O–H groups in total. The Morgan fingerprint density at radius 2 is 2.00 bits per heavy atom. The lowest BCUT2D eigenvalue weighted by atomic mass is 10.1. The second-order valence-corrected chi connectivity index (χ2v) is 10.7. The molecule has 1 unspecified atom stereocenters. The maximum atomic E-state index is 12.9. The summed E-state index contributed by atoms with van der Waals surface area (Å²) in [5, 5.41) is 2.17. The molecule has 176 valence electrons. The van der Waals surface area contributed by atoms with Crippen molar-refractivity contribution in [1.29, 1.82) is 0 Å². The van der Waals surface area contributed by atoms with E-state index in [0.717, 1.165) is 72.9 Å². The number of rotatable bonds is 5. The van der Waals surface area contributed by atoms with Gasteiger partial charge in [-0.25, -0.2) is 18.1 Å². The summed E-state index contributed by atoms with van der Waals surface area (Å²) in [4.78, 5) is 31.3. The van der Waals surface area contributed by atoms with Crippen LogP contribution in [0.15, 0.2) is 30.7 Å². The van der Waals surface area contributed by atoms with E-state index in [1.165, 1.54) is 0 Å². The minimum absolute atomic E-state index is 0.0675. The average Bonchev–Trinajstić information content (AvgIpc) is 3.27. The topological polar surface area (TPSA) is 115 Å². The van der Waals surface area contributed by atoms with Gasteiger partial charge in [-0.05, 0) is 25.0 Å². The normalized spacial score (nSPS) is 20.6. The van der Waals surface area contributed by atoms with E-state index >= 15 is 0 Å². The molecule has 3 aromatic rings. The number of pyridine rings is 2. The molecule has 5 heterocycles. The molecule has 1 atom stereocenters. The van der Waals surface area contributed by atoms with Crippen LogP contribution >= 0.6 is 0 Å². The van der Waals surface area contributed by atoms with Crippen LogP contribution in [0, 0.1) is 0 Å². The lowest BCUT2D eigenvalue weighted by molar-refractivity contribution is -0.133. The fourth-order valence-corrected chi connectivity index (χ4v) is 5.74. The largest absolute Gasteiger partial charge is 0.368 e. The summed E-state index contributed by atoms with van der Waals surface area (Å²) in [7, 11) is -3.27. The molecule has 0 spiro atoms. The number of piperidine rings is 1. The number of aromatic nitrogens is 3. The van der Waals surface area contributed by atoms with Gasteiger partial charge in [0.05, 0.1) is 24.5 Å². The SMILES string of the molecule is CS(=O)(=O)NC1CCCN(C(=O)CN2CCN(c3ccnc4cnc5[nH]ccc5c34)CC2)C1. The van der Waals surface area contributed by atoms with Crippen molar-refractivity contribution in [3.8, 4) is 0 Å². The average molecular weight is 472 g/mol. The van der Waals surface area contributed by atoms with Crippen LogP contribution < -0.4 is 9.62 Å². The molecule has 2 aliphatic rings. The zero-order valence-corrected chi connectivity index (χ0v) is 19.5. The molecule has 0 radical (unpaired) electrons. The predicted octanol–water partition coefficient (Wildman–Crippen LogP) is 0.773. The standard InChI is InChI=1S/C22H29N7O3S/c1-33(31,32)26-16-3-2-8-29(14-16)20(30)15-27-9-11-28(12-10-27)19-5-7-23-18-13-25-22-17(21(18)19)4-6-24-22/h4-7,13,16,26H,2-3,8-12,14-15H2,1H3,(H,24,25). The number of sulfonamides is 1. The lowest BCUT2D eigenvalue weighted by Gasteiger charge is -2.38. The second kappa shape index (κ2) is 8.88. The van der Waals surface area contributed by atoms with Crippen molar-refractivity contribution in [2.45, 2.75) is 18.9 Å². The highest BCUT2D eigenvalue weighted by Gasteiger charge is 2.28. The van der Waals surface area contributed by atoms with Crippen molar-refractivity contribution in [3.05, 3.63) is 30.7 Å². The number of hydrogen-bond acceptors (Lipinski definition) is 7. The van der Waals surface area contributed by atoms with Gasteiger partial charge in [0.25, 0.3) is 0 Å². The van der Waals surface area contributed by atoms with Gasteiger partial charge in [0.1, 0.15) is 5.65 Å². The first-order valence-electron chi connectivity index (χ1n) is 11.3. The quantitative estimate of drug-likeness (QED) is 0.565. The van der Waals surface area contributed by atoms with E-state index < -0.39 is 10.0 Å².